The first kappa shape index (κ1) is 14.3. The van der Waals surface area contributed by atoms with Gasteiger partial charge in [-0.15, -0.1) is 0 Å². The monoisotopic (exact) mass is 270 g/mol. The average Bonchev–Trinajstić information content (AvgIpc) is 2.48. The molecule has 1 aliphatic carbocycles. The van der Waals surface area contributed by atoms with Gasteiger partial charge in [-0.2, -0.15) is 4.98 Å². The largest absolute Gasteiger partial charge is 0.367 e. The van der Waals surface area contributed by atoms with Gasteiger partial charge in [-0.25, -0.2) is 4.98 Å². The summed E-state index contributed by atoms with van der Waals surface area (Å²) >= 11 is 0. The third-order valence-electron chi connectivity index (χ3n) is 3.39. The topological polar surface area (TPSA) is 49.8 Å². The van der Waals surface area contributed by atoms with Crippen molar-refractivity contribution in [2.75, 3.05) is 10.6 Å². The van der Waals surface area contributed by atoms with Crippen LogP contribution in [0, 0.1) is 0 Å². The summed E-state index contributed by atoms with van der Waals surface area (Å²) in [5.74, 6) is 1.44. The van der Waals surface area contributed by atoms with Crippen molar-refractivity contribution in [3.8, 4) is 0 Å². The van der Waals surface area contributed by atoms with Gasteiger partial charge in [-0.1, -0.05) is 38.5 Å². The highest BCUT2D eigenvalue weighted by molar-refractivity contribution is 5.45. The summed E-state index contributed by atoms with van der Waals surface area (Å²) in [5, 5.41) is 6.60. The second kappa shape index (κ2) is 7.48. The van der Waals surface area contributed by atoms with Crippen LogP contribution < -0.4 is 10.6 Å². The number of nitrogens with one attached hydrogen (secondary N) is 2. The fraction of sp³-hybridized carbons (Fsp3) is 0.375. The first-order valence-electron chi connectivity index (χ1n) is 7.13. The molecule has 1 saturated carbocycles. The molecule has 1 heterocycles. The van der Waals surface area contributed by atoms with Crippen molar-refractivity contribution in [2.45, 2.75) is 38.1 Å². The highest BCUT2D eigenvalue weighted by Gasteiger charge is 2.13. The summed E-state index contributed by atoms with van der Waals surface area (Å²) in [6, 6.07) is 2.44. The molecule has 106 valence electrons. The molecule has 0 saturated heterocycles. The highest BCUT2D eigenvalue weighted by Crippen LogP contribution is 2.21. The second-order valence-corrected chi connectivity index (χ2v) is 4.93. The molecule has 0 aliphatic heterocycles. The van der Waals surface area contributed by atoms with Crippen LogP contribution in [-0.2, 0) is 0 Å². The molecule has 0 atom stereocenters. The molecular weight excluding hydrogens is 248 g/mol. The Morgan fingerprint density at radius 3 is 2.75 bits per heavy atom. The normalized spacial score (nSPS) is 16.5. The Morgan fingerprint density at radius 2 is 2.05 bits per heavy atom. The summed E-state index contributed by atoms with van der Waals surface area (Å²) in [7, 11) is 0. The van der Waals surface area contributed by atoms with Crippen molar-refractivity contribution in [2.24, 2.45) is 0 Å². The number of nitrogens with zero attached hydrogens (tertiary/aromatic N) is 2. The number of hydrogen-bond donors (Lipinski definition) is 2. The Kier molecular flexibility index (Phi) is 5.35. The molecule has 1 aliphatic rings. The molecule has 4 nitrogen and oxygen atoms in total. The minimum Gasteiger partial charge on any atom is -0.367 e. The molecule has 2 rings (SSSR count). The lowest BCUT2D eigenvalue weighted by Gasteiger charge is -2.23. The molecule has 0 radical (unpaired) electrons. The van der Waals surface area contributed by atoms with Crippen molar-refractivity contribution in [3.63, 3.8) is 0 Å². The van der Waals surface area contributed by atoms with E-state index in [9.17, 15) is 0 Å². The van der Waals surface area contributed by atoms with E-state index in [2.05, 4.69) is 33.8 Å². The lowest BCUT2D eigenvalue weighted by molar-refractivity contribution is 0.462. The van der Waals surface area contributed by atoms with E-state index in [0.717, 1.165) is 11.5 Å². The van der Waals surface area contributed by atoms with Crippen LogP contribution in [-0.4, -0.2) is 16.0 Å². The van der Waals surface area contributed by atoms with E-state index in [-0.39, 0.29) is 0 Å². The smallest absolute Gasteiger partial charge is 0.229 e. The Labute approximate surface area is 120 Å². The molecule has 4 heteroatoms. The molecule has 1 fully saturated rings. The van der Waals surface area contributed by atoms with E-state index in [1.54, 1.807) is 18.3 Å². The Hall–Kier alpha value is -2.10. The van der Waals surface area contributed by atoms with Crippen molar-refractivity contribution >= 4 is 11.8 Å². The van der Waals surface area contributed by atoms with Gasteiger partial charge >= 0.3 is 0 Å². The molecule has 20 heavy (non-hydrogen) atoms. The van der Waals surface area contributed by atoms with E-state index < -0.39 is 0 Å². The molecule has 0 bridgehead atoms. The van der Waals surface area contributed by atoms with E-state index in [4.69, 9.17) is 0 Å². The Bertz CT molecular complexity index is 487. The lowest BCUT2D eigenvalue weighted by atomic mass is 9.95. The Balaban J connectivity index is 2.01. The van der Waals surface area contributed by atoms with Gasteiger partial charge in [0.1, 0.15) is 5.82 Å². The van der Waals surface area contributed by atoms with Crippen LogP contribution in [0.25, 0.3) is 0 Å². The maximum Gasteiger partial charge on any atom is 0.229 e. The highest BCUT2D eigenvalue weighted by atomic mass is 15.1. The fourth-order valence-corrected chi connectivity index (χ4v) is 2.37. The molecule has 2 N–H and O–H groups in total. The SMILES string of the molecule is C=C/C=C(\C=C)Nc1nccc(NC2CCCCC2)n1. The van der Waals surface area contributed by atoms with Crippen LogP contribution >= 0.6 is 0 Å². The number of aromatic nitrogens is 2. The lowest BCUT2D eigenvalue weighted by Crippen LogP contribution is -2.23. The molecular formula is C16H22N4. The average molecular weight is 270 g/mol. The van der Waals surface area contributed by atoms with Gasteiger partial charge in [-0.05, 0) is 31.1 Å². The maximum atomic E-state index is 4.48. The third-order valence-corrected chi connectivity index (χ3v) is 3.39. The van der Waals surface area contributed by atoms with Crippen LogP contribution in [0.3, 0.4) is 0 Å². The van der Waals surface area contributed by atoms with Crippen molar-refractivity contribution in [3.05, 3.63) is 49.3 Å². The second-order valence-electron chi connectivity index (χ2n) is 4.93. The van der Waals surface area contributed by atoms with Crippen molar-refractivity contribution in [1.29, 1.82) is 0 Å². The minimum absolute atomic E-state index is 0.536. The quantitative estimate of drug-likeness (QED) is 0.770. The van der Waals surface area contributed by atoms with Gasteiger partial charge in [0, 0.05) is 17.9 Å². The number of hydrogen-bond acceptors (Lipinski definition) is 4. The maximum absolute atomic E-state index is 4.48. The van der Waals surface area contributed by atoms with E-state index in [1.165, 1.54) is 32.1 Å². The summed E-state index contributed by atoms with van der Waals surface area (Å²) in [4.78, 5) is 8.70. The predicted molar refractivity (Wildman–Crippen MR) is 84.6 cm³/mol. The van der Waals surface area contributed by atoms with E-state index in [1.807, 2.05) is 12.1 Å². The van der Waals surface area contributed by atoms with Crippen LogP contribution in [0.1, 0.15) is 32.1 Å². The van der Waals surface area contributed by atoms with Crippen molar-refractivity contribution in [1.82, 2.24) is 9.97 Å². The van der Waals surface area contributed by atoms with E-state index in [0.29, 0.717) is 12.0 Å². The van der Waals surface area contributed by atoms with Crippen LogP contribution in [0.5, 0.6) is 0 Å². The number of allylic oxidation sites excluding steroid dienone is 3. The molecule has 0 aromatic carbocycles. The summed E-state index contributed by atoms with van der Waals surface area (Å²) in [5.41, 5.74) is 0.829. The Morgan fingerprint density at radius 1 is 1.25 bits per heavy atom. The first-order chi connectivity index (χ1) is 9.81. The first-order valence-corrected chi connectivity index (χ1v) is 7.13. The molecule has 1 aromatic rings. The molecule has 1 aromatic heterocycles. The van der Waals surface area contributed by atoms with Gasteiger partial charge < -0.3 is 10.6 Å². The zero-order valence-corrected chi connectivity index (χ0v) is 11.8. The zero-order chi connectivity index (χ0) is 14.2. The van der Waals surface area contributed by atoms with Gasteiger partial charge in [-0.3, -0.25) is 0 Å². The fourth-order valence-electron chi connectivity index (χ4n) is 2.37. The predicted octanol–water partition coefficient (Wildman–Crippen LogP) is 3.89. The van der Waals surface area contributed by atoms with Crippen LogP contribution in [0.15, 0.2) is 49.3 Å². The van der Waals surface area contributed by atoms with Gasteiger partial charge in [0.25, 0.3) is 0 Å². The third kappa shape index (κ3) is 4.23. The van der Waals surface area contributed by atoms with E-state index >= 15 is 0 Å². The van der Waals surface area contributed by atoms with Gasteiger partial charge in [0.2, 0.25) is 5.95 Å². The zero-order valence-electron chi connectivity index (χ0n) is 11.8. The standard InChI is InChI=1S/C16H22N4/c1-3-8-13(4-2)19-16-17-12-11-15(20-16)18-14-9-6-5-7-10-14/h3-4,8,11-12,14H,1-2,5-7,9-10H2,(H2,17,18,19,20)/b13-8+. The summed E-state index contributed by atoms with van der Waals surface area (Å²) < 4.78 is 0. The summed E-state index contributed by atoms with van der Waals surface area (Å²) in [6.45, 7) is 7.41. The molecule has 0 unspecified atom stereocenters. The minimum atomic E-state index is 0.536. The molecule has 0 spiro atoms. The number of rotatable bonds is 6. The molecule has 0 amide bonds. The van der Waals surface area contributed by atoms with Crippen LogP contribution in [0.2, 0.25) is 0 Å². The van der Waals surface area contributed by atoms with Crippen LogP contribution in [0.4, 0.5) is 11.8 Å². The number of anilines is 2. The van der Waals surface area contributed by atoms with Gasteiger partial charge in [0.05, 0.1) is 0 Å². The van der Waals surface area contributed by atoms with Crippen molar-refractivity contribution < 1.29 is 0 Å². The van der Waals surface area contributed by atoms with Gasteiger partial charge in [0.15, 0.2) is 0 Å². The summed E-state index contributed by atoms with van der Waals surface area (Å²) in [6.07, 6.45) is 13.4.